The number of carbonyl (C=O) groups excluding carboxylic acids is 1. The normalized spacial score (nSPS) is 10.1. The zero-order chi connectivity index (χ0) is 10.1. The van der Waals surface area contributed by atoms with E-state index in [0.717, 1.165) is 0 Å². The third kappa shape index (κ3) is 6.47. The van der Waals surface area contributed by atoms with Gasteiger partial charge >= 0.3 is 0 Å². The highest BCUT2D eigenvalue weighted by Gasteiger charge is 2.05. The second-order valence-electron chi connectivity index (χ2n) is 2.40. The number of nitrogens with zero attached hydrogens (tertiary/aromatic N) is 1. The van der Waals surface area contributed by atoms with E-state index in [0.29, 0.717) is 6.54 Å². The van der Waals surface area contributed by atoms with Gasteiger partial charge in [0.05, 0.1) is 13.2 Å². The van der Waals surface area contributed by atoms with Gasteiger partial charge in [0, 0.05) is 13.6 Å². The number of amides is 1. The van der Waals surface area contributed by atoms with Crippen molar-refractivity contribution in [2.24, 2.45) is 0 Å². The van der Waals surface area contributed by atoms with Crippen molar-refractivity contribution in [2.75, 3.05) is 33.4 Å². The summed E-state index contributed by atoms with van der Waals surface area (Å²) in [6.45, 7) is 3.04. The topological polar surface area (TPSA) is 71.0 Å². The van der Waals surface area contributed by atoms with Crippen molar-refractivity contribution in [2.45, 2.75) is 6.92 Å². The fraction of sp³-hybridized carbons (Fsp3) is 0.857. The molecule has 0 spiro atoms. The summed E-state index contributed by atoms with van der Waals surface area (Å²) in [4.78, 5) is 17.0. The smallest absolute Gasteiger partial charge is 0.248 e. The Bertz CT molecular complexity index is 142. The van der Waals surface area contributed by atoms with Gasteiger partial charge in [0.25, 0.3) is 0 Å². The zero-order valence-electron chi connectivity index (χ0n) is 7.95. The highest BCUT2D eigenvalue weighted by Crippen LogP contribution is 1.85. The quantitative estimate of drug-likeness (QED) is 0.416. The van der Waals surface area contributed by atoms with Crippen molar-refractivity contribution in [1.29, 1.82) is 0 Å². The van der Waals surface area contributed by atoms with E-state index in [1.165, 1.54) is 5.64 Å². The predicted molar refractivity (Wildman–Crippen MR) is 45.0 cm³/mol. The van der Waals surface area contributed by atoms with Gasteiger partial charge in [-0.05, 0) is 6.92 Å². The van der Waals surface area contributed by atoms with Crippen molar-refractivity contribution in [3.63, 3.8) is 0 Å². The first-order chi connectivity index (χ1) is 6.22. The molecule has 0 aromatic heterocycles. The summed E-state index contributed by atoms with van der Waals surface area (Å²) in [5.74, 6) is -0.0699. The third-order valence-corrected chi connectivity index (χ3v) is 1.52. The molecule has 0 aromatic rings. The minimum Gasteiger partial charge on any atom is -0.369 e. The van der Waals surface area contributed by atoms with Crippen LogP contribution in [0.5, 0.6) is 0 Å². The lowest BCUT2D eigenvalue weighted by Gasteiger charge is -2.13. The SMILES string of the molecule is CCN(C)C(=O)COCCONO. The monoisotopic (exact) mass is 192 g/mol. The number of rotatable bonds is 7. The van der Waals surface area contributed by atoms with E-state index in [-0.39, 0.29) is 25.7 Å². The van der Waals surface area contributed by atoms with E-state index in [1.807, 2.05) is 6.92 Å². The van der Waals surface area contributed by atoms with Gasteiger partial charge < -0.3 is 9.64 Å². The van der Waals surface area contributed by atoms with E-state index in [4.69, 9.17) is 9.94 Å². The Labute approximate surface area is 77.3 Å². The maximum Gasteiger partial charge on any atom is 0.248 e. The standard InChI is InChI=1S/C7H16N2O4/c1-3-9(2)7(10)6-12-4-5-13-8-11/h8,11H,3-6H2,1-2H3. The number of hydrogen-bond acceptors (Lipinski definition) is 5. The molecule has 2 N–H and O–H groups in total. The van der Waals surface area contributed by atoms with Crippen molar-refractivity contribution in [3.8, 4) is 0 Å². The summed E-state index contributed by atoms with van der Waals surface area (Å²) < 4.78 is 4.95. The highest BCUT2D eigenvalue weighted by atomic mass is 16.8. The molecular weight excluding hydrogens is 176 g/mol. The lowest BCUT2D eigenvalue weighted by molar-refractivity contribution is -0.145. The lowest BCUT2D eigenvalue weighted by Crippen LogP contribution is -2.30. The molecule has 0 aliphatic heterocycles. The molecule has 6 heteroatoms. The Kier molecular flexibility index (Phi) is 7.51. The summed E-state index contributed by atoms with van der Waals surface area (Å²) in [6, 6.07) is 0. The average Bonchev–Trinajstić information content (AvgIpc) is 2.16. The molecule has 0 aliphatic rings. The second kappa shape index (κ2) is 7.93. The summed E-state index contributed by atoms with van der Waals surface area (Å²) >= 11 is 0. The van der Waals surface area contributed by atoms with Crippen LogP contribution < -0.4 is 5.64 Å². The van der Waals surface area contributed by atoms with E-state index in [9.17, 15) is 4.79 Å². The molecule has 0 radical (unpaired) electrons. The average molecular weight is 192 g/mol. The van der Waals surface area contributed by atoms with Crippen molar-refractivity contribution >= 4 is 5.91 Å². The first-order valence-corrected chi connectivity index (χ1v) is 4.05. The molecule has 0 rings (SSSR count). The minimum atomic E-state index is -0.0699. The lowest BCUT2D eigenvalue weighted by atomic mass is 10.5. The third-order valence-electron chi connectivity index (χ3n) is 1.52. The van der Waals surface area contributed by atoms with Crippen LogP contribution in [-0.2, 0) is 14.4 Å². The van der Waals surface area contributed by atoms with Gasteiger partial charge in [0.15, 0.2) is 0 Å². The molecule has 0 fully saturated rings. The summed E-state index contributed by atoms with van der Waals surface area (Å²) in [5, 5.41) is 8.00. The molecule has 78 valence electrons. The van der Waals surface area contributed by atoms with E-state index in [1.54, 1.807) is 11.9 Å². The molecule has 0 atom stereocenters. The molecule has 1 amide bonds. The number of ether oxygens (including phenoxy) is 1. The summed E-state index contributed by atoms with van der Waals surface area (Å²) in [5.41, 5.74) is 1.51. The van der Waals surface area contributed by atoms with Crippen LogP contribution in [0.25, 0.3) is 0 Å². The number of hydrogen-bond donors (Lipinski definition) is 2. The Hall–Kier alpha value is -0.690. The number of carbonyl (C=O) groups is 1. The van der Waals surface area contributed by atoms with Crippen molar-refractivity contribution in [1.82, 2.24) is 10.5 Å². The van der Waals surface area contributed by atoms with Gasteiger partial charge in [-0.2, -0.15) is 0 Å². The molecule has 6 nitrogen and oxygen atoms in total. The Morgan fingerprint density at radius 3 is 2.77 bits per heavy atom. The second-order valence-corrected chi connectivity index (χ2v) is 2.40. The minimum absolute atomic E-state index is 0.0408. The van der Waals surface area contributed by atoms with E-state index < -0.39 is 0 Å². The molecule has 0 saturated carbocycles. The van der Waals surface area contributed by atoms with Gasteiger partial charge in [-0.3, -0.25) is 14.8 Å². The summed E-state index contributed by atoms with van der Waals surface area (Å²) in [7, 11) is 1.71. The van der Waals surface area contributed by atoms with Crippen LogP contribution in [0.2, 0.25) is 0 Å². The van der Waals surface area contributed by atoms with Crippen LogP contribution in [0.3, 0.4) is 0 Å². The van der Waals surface area contributed by atoms with Crippen LogP contribution in [-0.4, -0.2) is 49.4 Å². The van der Waals surface area contributed by atoms with Gasteiger partial charge in [0.2, 0.25) is 5.91 Å². The number of nitrogens with one attached hydrogen (secondary N) is 1. The first-order valence-electron chi connectivity index (χ1n) is 4.05. The molecule has 0 saturated heterocycles. The Morgan fingerprint density at radius 2 is 2.23 bits per heavy atom. The highest BCUT2D eigenvalue weighted by molar-refractivity contribution is 5.77. The van der Waals surface area contributed by atoms with Crippen LogP contribution in [0.15, 0.2) is 0 Å². The maximum atomic E-state index is 11.1. The molecular formula is C7H16N2O4. The summed E-state index contributed by atoms with van der Waals surface area (Å²) in [6.07, 6.45) is 0. The van der Waals surface area contributed by atoms with Crippen LogP contribution in [0.1, 0.15) is 6.92 Å². The van der Waals surface area contributed by atoms with Crippen molar-refractivity contribution < 1.29 is 19.6 Å². The molecule has 0 aliphatic carbocycles. The molecule has 0 heterocycles. The van der Waals surface area contributed by atoms with Gasteiger partial charge in [-0.15, -0.1) is 0 Å². The van der Waals surface area contributed by atoms with Crippen molar-refractivity contribution in [3.05, 3.63) is 0 Å². The van der Waals surface area contributed by atoms with Crippen LogP contribution >= 0.6 is 0 Å². The van der Waals surface area contributed by atoms with Gasteiger partial charge in [-0.25, -0.2) is 0 Å². The maximum absolute atomic E-state index is 11.1. The Morgan fingerprint density at radius 1 is 1.54 bits per heavy atom. The fourth-order valence-electron chi connectivity index (χ4n) is 0.592. The van der Waals surface area contributed by atoms with E-state index in [2.05, 4.69) is 4.84 Å². The first kappa shape index (κ1) is 12.3. The molecule has 0 unspecified atom stereocenters. The fourth-order valence-corrected chi connectivity index (χ4v) is 0.592. The Balaban J connectivity index is 3.27. The van der Waals surface area contributed by atoms with E-state index >= 15 is 0 Å². The van der Waals surface area contributed by atoms with Crippen LogP contribution in [0, 0.1) is 0 Å². The van der Waals surface area contributed by atoms with Gasteiger partial charge in [0.1, 0.15) is 6.61 Å². The zero-order valence-corrected chi connectivity index (χ0v) is 7.95. The van der Waals surface area contributed by atoms with Crippen LogP contribution in [0.4, 0.5) is 0 Å². The molecule has 13 heavy (non-hydrogen) atoms. The molecule has 0 bridgehead atoms. The largest absolute Gasteiger partial charge is 0.369 e. The molecule has 0 aromatic carbocycles. The van der Waals surface area contributed by atoms with Gasteiger partial charge in [-0.1, -0.05) is 5.64 Å². The number of likely N-dealkylation sites (N-methyl/N-ethyl adjacent to an activating group) is 1. The predicted octanol–water partition coefficient (Wildman–Crippen LogP) is -0.608.